The monoisotopic (exact) mass is 234 g/mol. The lowest BCUT2D eigenvalue weighted by atomic mass is 9.95. The van der Waals surface area contributed by atoms with Crippen LogP contribution in [0.1, 0.15) is 12.5 Å². The molecule has 92 valence electrons. The van der Waals surface area contributed by atoms with E-state index in [4.69, 9.17) is 10.5 Å². The number of ether oxygens (including phenoxy) is 1. The fourth-order valence-corrected chi connectivity index (χ4v) is 1.83. The van der Waals surface area contributed by atoms with Crippen molar-refractivity contribution in [1.29, 1.82) is 0 Å². The summed E-state index contributed by atoms with van der Waals surface area (Å²) in [4.78, 5) is 12.1. The maximum atomic E-state index is 12.1. The van der Waals surface area contributed by atoms with Gasteiger partial charge in [-0.1, -0.05) is 12.1 Å². The minimum atomic E-state index is -0.568. The van der Waals surface area contributed by atoms with E-state index in [1.54, 1.807) is 7.05 Å². The Bertz CT molecular complexity index is 410. The molecule has 1 aromatic rings. The van der Waals surface area contributed by atoms with Crippen LogP contribution in [0.5, 0.6) is 0 Å². The van der Waals surface area contributed by atoms with Gasteiger partial charge in [0.25, 0.3) is 0 Å². The number of Topliss-reactive ketones (excluding diaryl/α,β-unsaturated/α-hetero) is 1. The number of nitrogens with two attached hydrogens (primary N) is 1. The molecule has 4 nitrogen and oxygen atoms in total. The summed E-state index contributed by atoms with van der Waals surface area (Å²) in [5.74, 6) is 0.122. The number of epoxide rings is 1. The zero-order valence-corrected chi connectivity index (χ0v) is 10.2. The van der Waals surface area contributed by atoms with Gasteiger partial charge in [-0.15, -0.1) is 0 Å². The Morgan fingerprint density at radius 1 is 1.53 bits per heavy atom. The van der Waals surface area contributed by atoms with Crippen molar-refractivity contribution in [3.05, 3.63) is 29.8 Å². The zero-order valence-electron chi connectivity index (χ0n) is 10.2. The first kappa shape index (κ1) is 12.1. The van der Waals surface area contributed by atoms with E-state index in [1.807, 2.05) is 31.2 Å². The first-order chi connectivity index (χ1) is 8.05. The van der Waals surface area contributed by atoms with Crippen LogP contribution in [0, 0.1) is 0 Å². The summed E-state index contributed by atoms with van der Waals surface area (Å²) < 4.78 is 5.19. The van der Waals surface area contributed by atoms with Crippen molar-refractivity contribution in [3.63, 3.8) is 0 Å². The smallest absolute Gasteiger partial charge is 0.183 e. The number of carbonyl (C=O) groups excluding carboxylic acids is 1. The molecule has 1 saturated heterocycles. The number of rotatable bonds is 5. The topological polar surface area (TPSA) is 67.6 Å². The first-order valence-electron chi connectivity index (χ1n) is 5.75. The van der Waals surface area contributed by atoms with Crippen molar-refractivity contribution in [2.75, 3.05) is 19.4 Å². The molecule has 0 aromatic heterocycles. The molecule has 1 aromatic carbocycles. The summed E-state index contributed by atoms with van der Waals surface area (Å²) in [6.07, 6.45) is 0.661. The number of nitrogens with one attached hydrogen (secondary N) is 1. The molecule has 1 fully saturated rings. The predicted molar refractivity (Wildman–Crippen MR) is 66.8 cm³/mol. The highest BCUT2D eigenvalue weighted by atomic mass is 16.6. The quantitative estimate of drug-likeness (QED) is 0.583. The van der Waals surface area contributed by atoms with Crippen LogP contribution in [-0.4, -0.2) is 31.1 Å². The summed E-state index contributed by atoms with van der Waals surface area (Å²) >= 11 is 0. The Balaban J connectivity index is 2.04. The minimum Gasteiger partial charge on any atom is -0.399 e. The van der Waals surface area contributed by atoms with E-state index in [0.717, 1.165) is 11.3 Å². The van der Waals surface area contributed by atoms with E-state index >= 15 is 0 Å². The SMILES string of the molecule is CN[C@@H](Cc1ccc(N)cc1)C(=O)[C@@]1(C)CO1. The lowest BCUT2D eigenvalue weighted by Crippen LogP contribution is -2.43. The van der Waals surface area contributed by atoms with Crippen LogP contribution in [0.3, 0.4) is 0 Å². The van der Waals surface area contributed by atoms with E-state index in [2.05, 4.69) is 5.32 Å². The van der Waals surface area contributed by atoms with Crippen LogP contribution in [-0.2, 0) is 16.0 Å². The summed E-state index contributed by atoms with van der Waals surface area (Å²) in [6, 6.07) is 7.39. The van der Waals surface area contributed by atoms with Gasteiger partial charge in [-0.25, -0.2) is 0 Å². The van der Waals surface area contributed by atoms with Crippen molar-refractivity contribution in [2.45, 2.75) is 25.0 Å². The Morgan fingerprint density at radius 3 is 2.59 bits per heavy atom. The number of nitrogen functional groups attached to an aromatic ring is 1. The van der Waals surface area contributed by atoms with Gasteiger partial charge in [0, 0.05) is 5.69 Å². The van der Waals surface area contributed by atoms with Gasteiger partial charge in [0.05, 0.1) is 12.6 Å². The first-order valence-corrected chi connectivity index (χ1v) is 5.75. The zero-order chi connectivity index (χ0) is 12.5. The Hall–Kier alpha value is -1.39. The molecule has 0 spiro atoms. The molecule has 4 heteroatoms. The molecule has 0 radical (unpaired) electrons. The minimum absolute atomic E-state index is 0.122. The highest BCUT2D eigenvalue weighted by Gasteiger charge is 2.49. The summed E-state index contributed by atoms with van der Waals surface area (Å²) in [6.45, 7) is 2.37. The maximum Gasteiger partial charge on any atom is 0.183 e. The molecular formula is C13H18N2O2. The summed E-state index contributed by atoms with van der Waals surface area (Å²) in [7, 11) is 1.80. The maximum absolute atomic E-state index is 12.1. The molecule has 2 atom stereocenters. The predicted octanol–water partition coefficient (Wildman–Crippen LogP) is 0.757. The van der Waals surface area contributed by atoms with Gasteiger partial charge in [0.2, 0.25) is 0 Å². The lowest BCUT2D eigenvalue weighted by Gasteiger charge is -2.17. The molecule has 1 aliphatic heterocycles. The second kappa shape index (κ2) is 4.47. The molecule has 0 aliphatic carbocycles. The van der Waals surface area contributed by atoms with E-state index in [0.29, 0.717) is 13.0 Å². The van der Waals surface area contributed by atoms with Gasteiger partial charge in [-0.2, -0.15) is 0 Å². The third-order valence-corrected chi connectivity index (χ3v) is 3.18. The average molecular weight is 234 g/mol. The Labute approximate surface area is 101 Å². The average Bonchev–Trinajstić information content (AvgIpc) is 3.07. The molecule has 3 N–H and O–H groups in total. The molecule has 0 saturated carbocycles. The number of hydrogen-bond donors (Lipinski definition) is 2. The normalized spacial score (nSPS) is 24.4. The molecule has 0 bridgehead atoms. The third-order valence-electron chi connectivity index (χ3n) is 3.18. The molecule has 0 amide bonds. The third kappa shape index (κ3) is 2.65. The van der Waals surface area contributed by atoms with Crippen molar-refractivity contribution in [1.82, 2.24) is 5.32 Å². The second-order valence-corrected chi connectivity index (χ2v) is 4.67. The Kier molecular flexibility index (Phi) is 3.17. The number of likely N-dealkylation sites (N-methyl/N-ethyl adjacent to an activating group) is 1. The van der Waals surface area contributed by atoms with Crippen molar-refractivity contribution >= 4 is 11.5 Å². The van der Waals surface area contributed by atoms with Crippen LogP contribution in [0.4, 0.5) is 5.69 Å². The molecule has 1 heterocycles. The molecular weight excluding hydrogens is 216 g/mol. The van der Waals surface area contributed by atoms with E-state index in [-0.39, 0.29) is 11.8 Å². The number of benzene rings is 1. The number of carbonyl (C=O) groups is 1. The number of hydrogen-bond acceptors (Lipinski definition) is 4. The van der Waals surface area contributed by atoms with Gasteiger partial charge in [-0.05, 0) is 38.1 Å². The number of ketones is 1. The van der Waals surface area contributed by atoms with Crippen LogP contribution in [0.15, 0.2) is 24.3 Å². The van der Waals surface area contributed by atoms with E-state index in [9.17, 15) is 4.79 Å². The van der Waals surface area contributed by atoms with Crippen molar-refractivity contribution in [3.8, 4) is 0 Å². The molecule has 2 rings (SSSR count). The fourth-order valence-electron chi connectivity index (χ4n) is 1.83. The van der Waals surface area contributed by atoms with Crippen LogP contribution in [0.25, 0.3) is 0 Å². The Morgan fingerprint density at radius 2 is 2.12 bits per heavy atom. The number of anilines is 1. The van der Waals surface area contributed by atoms with Gasteiger partial charge < -0.3 is 15.8 Å². The van der Waals surface area contributed by atoms with Crippen LogP contribution in [0.2, 0.25) is 0 Å². The van der Waals surface area contributed by atoms with Gasteiger partial charge in [-0.3, -0.25) is 4.79 Å². The van der Waals surface area contributed by atoms with Gasteiger partial charge >= 0.3 is 0 Å². The fraction of sp³-hybridized carbons (Fsp3) is 0.462. The largest absolute Gasteiger partial charge is 0.399 e. The van der Waals surface area contributed by atoms with Crippen molar-refractivity contribution < 1.29 is 9.53 Å². The standard InChI is InChI=1S/C13H18N2O2/c1-13(8-17-13)12(16)11(15-2)7-9-3-5-10(14)6-4-9/h3-6,11,15H,7-8,14H2,1-2H3/t11-,13+/m0/s1. The van der Waals surface area contributed by atoms with Crippen LogP contribution >= 0.6 is 0 Å². The molecule has 1 aliphatic rings. The summed E-state index contributed by atoms with van der Waals surface area (Å²) in [5, 5.41) is 3.05. The van der Waals surface area contributed by atoms with Gasteiger partial charge in [0.1, 0.15) is 5.60 Å². The van der Waals surface area contributed by atoms with E-state index in [1.165, 1.54) is 0 Å². The van der Waals surface area contributed by atoms with Crippen molar-refractivity contribution in [2.24, 2.45) is 0 Å². The highest BCUT2D eigenvalue weighted by Crippen LogP contribution is 2.28. The summed E-state index contributed by atoms with van der Waals surface area (Å²) in [5.41, 5.74) is 6.89. The molecule has 0 unspecified atom stereocenters. The lowest BCUT2D eigenvalue weighted by molar-refractivity contribution is -0.125. The highest BCUT2D eigenvalue weighted by molar-refractivity contribution is 5.94. The van der Waals surface area contributed by atoms with E-state index < -0.39 is 5.60 Å². The molecule has 17 heavy (non-hydrogen) atoms. The second-order valence-electron chi connectivity index (χ2n) is 4.67. The van der Waals surface area contributed by atoms with Gasteiger partial charge in [0.15, 0.2) is 5.78 Å². The van der Waals surface area contributed by atoms with Crippen LogP contribution < -0.4 is 11.1 Å².